The minimum Gasteiger partial charge on any atom is -0.398 e. The summed E-state index contributed by atoms with van der Waals surface area (Å²) in [6, 6.07) is 1.73. The Balaban J connectivity index is 0.000000490. The lowest BCUT2D eigenvalue weighted by Crippen LogP contribution is -1.74. The van der Waals surface area contributed by atoms with Gasteiger partial charge in [0, 0.05) is 11.1 Å². The minimum absolute atomic E-state index is 0. The number of thiophene rings is 1. The first-order valence-corrected chi connectivity index (χ1v) is 3.04. The Bertz CT molecular complexity index is 146. The van der Waals surface area contributed by atoms with Gasteiger partial charge in [0.1, 0.15) is 0 Å². The van der Waals surface area contributed by atoms with E-state index in [0.717, 1.165) is 10.0 Å². The second-order valence-electron chi connectivity index (χ2n) is 1.18. The van der Waals surface area contributed by atoms with E-state index in [9.17, 15) is 0 Å². The zero-order valence-corrected chi connectivity index (χ0v) is 6.32. The predicted molar refractivity (Wildman–Crippen MR) is 41.0 cm³/mol. The van der Waals surface area contributed by atoms with E-state index in [1.807, 2.05) is 5.38 Å². The maximum atomic E-state index is 5.50. The molecular formula is C4H5Cl2NS. The van der Waals surface area contributed by atoms with Gasteiger partial charge in [-0.1, -0.05) is 11.6 Å². The molecule has 4 heteroatoms. The average Bonchev–Trinajstić information content (AvgIpc) is 1.87. The van der Waals surface area contributed by atoms with E-state index in [1.54, 1.807) is 6.07 Å². The summed E-state index contributed by atoms with van der Waals surface area (Å²) >= 11 is 6.94. The summed E-state index contributed by atoms with van der Waals surface area (Å²) in [6.07, 6.45) is 0. The van der Waals surface area contributed by atoms with Gasteiger partial charge in [0.05, 0.1) is 4.34 Å². The zero-order chi connectivity index (χ0) is 5.28. The molecule has 1 rings (SSSR count). The van der Waals surface area contributed by atoms with Crippen molar-refractivity contribution >= 4 is 41.0 Å². The van der Waals surface area contributed by atoms with Gasteiger partial charge in [0.2, 0.25) is 0 Å². The van der Waals surface area contributed by atoms with Crippen LogP contribution in [-0.2, 0) is 0 Å². The smallest absolute Gasteiger partial charge is 0.0949 e. The quantitative estimate of drug-likeness (QED) is 0.635. The third kappa shape index (κ3) is 1.90. The standard InChI is InChI=1S/C4H4ClNS.ClH/c5-4-1-3(6)2-7-4;/h1-2H,6H2;1H. The highest BCUT2D eigenvalue weighted by atomic mass is 35.5. The summed E-state index contributed by atoms with van der Waals surface area (Å²) in [5.74, 6) is 0. The Morgan fingerprint density at radius 3 is 2.38 bits per heavy atom. The van der Waals surface area contributed by atoms with Crippen LogP contribution in [0, 0.1) is 0 Å². The van der Waals surface area contributed by atoms with Crippen molar-refractivity contribution in [3.05, 3.63) is 15.8 Å². The van der Waals surface area contributed by atoms with Crippen LogP contribution in [0.25, 0.3) is 0 Å². The lowest BCUT2D eigenvalue weighted by atomic mass is 10.6. The number of rotatable bonds is 0. The van der Waals surface area contributed by atoms with Gasteiger partial charge in [-0.2, -0.15) is 0 Å². The van der Waals surface area contributed by atoms with E-state index in [1.165, 1.54) is 11.3 Å². The molecule has 1 nitrogen and oxygen atoms in total. The van der Waals surface area contributed by atoms with Gasteiger partial charge in [-0.25, -0.2) is 0 Å². The Hall–Kier alpha value is 0.0800. The molecule has 0 unspecified atom stereocenters. The number of anilines is 1. The fraction of sp³-hybridized carbons (Fsp3) is 0. The summed E-state index contributed by atoms with van der Waals surface area (Å²) in [5.41, 5.74) is 6.05. The molecule has 0 spiro atoms. The molecular weight excluding hydrogens is 165 g/mol. The van der Waals surface area contributed by atoms with Crippen molar-refractivity contribution in [3.63, 3.8) is 0 Å². The lowest BCUT2D eigenvalue weighted by molar-refractivity contribution is 1.88. The SMILES string of the molecule is Cl.Nc1csc(Cl)c1. The first-order chi connectivity index (χ1) is 3.29. The number of hydrogen-bond donors (Lipinski definition) is 1. The van der Waals surface area contributed by atoms with Crippen LogP contribution in [0.5, 0.6) is 0 Å². The molecule has 0 aliphatic carbocycles. The number of nitrogen functional groups attached to an aromatic ring is 1. The first kappa shape index (κ1) is 8.08. The Morgan fingerprint density at radius 1 is 1.62 bits per heavy atom. The number of halogens is 2. The van der Waals surface area contributed by atoms with Gasteiger partial charge in [-0.05, 0) is 6.07 Å². The monoisotopic (exact) mass is 169 g/mol. The molecule has 8 heavy (non-hydrogen) atoms. The fourth-order valence-corrected chi connectivity index (χ4v) is 1.10. The summed E-state index contributed by atoms with van der Waals surface area (Å²) in [7, 11) is 0. The maximum Gasteiger partial charge on any atom is 0.0949 e. The highest BCUT2D eigenvalue weighted by Crippen LogP contribution is 2.20. The molecule has 1 aromatic rings. The first-order valence-electron chi connectivity index (χ1n) is 1.78. The number of hydrogen-bond acceptors (Lipinski definition) is 2. The van der Waals surface area contributed by atoms with Crippen LogP contribution in [0.4, 0.5) is 5.69 Å². The van der Waals surface area contributed by atoms with Crippen LogP contribution in [0.15, 0.2) is 11.4 Å². The predicted octanol–water partition coefficient (Wildman–Crippen LogP) is 2.41. The Labute approximate surface area is 62.9 Å². The second-order valence-corrected chi connectivity index (χ2v) is 2.73. The van der Waals surface area contributed by atoms with Crippen LogP contribution in [0.1, 0.15) is 0 Å². The van der Waals surface area contributed by atoms with Crippen molar-refractivity contribution < 1.29 is 0 Å². The fourth-order valence-electron chi connectivity index (χ4n) is 0.323. The number of nitrogens with two attached hydrogens (primary N) is 1. The summed E-state index contributed by atoms with van der Waals surface area (Å²) in [5, 5.41) is 1.81. The van der Waals surface area contributed by atoms with E-state index in [0.29, 0.717) is 0 Å². The van der Waals surface area contributed by atoms with Crippen molar-refractivity contribution in [1.29, 1.82) is 0 Å². The zero-order valence-electron chi connectivity index (χ0n) is 3.93. The molecule has 0 radical (unpaired) electrons. The second kappa shape index (κ2) is 3.17. The highest BCUT2D eigenvalue weighted by Gasteiger charge is 1.87. The molecule has 2 N–H and O–H groups in total. The van der Waals surface area contributed by atoms with Crippen LogP contribution < -0.4 is 5.73 Å². The molecule has 1 aromatic heterocycles. The third-order valence-corrected chi connectivity index (χ3v) is 1.70. The third-order valence-electron chi connectivity index (χ3n) is 0.588. The molecule has 0 aliphatic rings. The molecule has 0 aliphatic heterocycles. The topological polar surface area (TPSA) is 26.0 Å². The van der Waals surface area contributed by atoms with Crippen molar-refractivity contribution in [2.24, 2.45) is 0 Å². The minimum atomic E-state index is 0. The van der Waals surface area contributed by atoms with Crippen LogP contribution in [0.2, 0.25) is 4.34 Å². The largest absolute Gasteiger partial charge is 0.398 e. The van der Waals surface area contributed by atoms with Crippen LogP contribution in [0.3, 0.4) is 0 Å². The molecule has 0 saturated carbocycles. The molecule has 0 saturated heterocycles. The van der Waals surface area contributed by atoms with Gasteiger partial charge >= 0.3 is 0 Å². The van der Waals surface area contributed by atoms with Gasteiger partial charge in [0.25, 0.3) is 0 Å². The van der Waals surface area contributed by atoms with E-state index in [2.05, 4.69) is 0 Å². The molecule has 46 valence electrons. The van der Waals surface area contributed by atoms with Gasteiger partial charge in [-0.15, -0.1) is 23.7 Å². The molecule has 0 aromatic carbocycles. The van der Waals surface area contributed by atoms with E-state index in [4.69, 9.17) is 17.3 Å². The van der Waals surface area contributed by atoms with Gasteiger partial charge < -0.3 is 5.73 Å². The molecule has 0 atom stereocenters. The van der Waals surface area contributed by atoms with E-state index in [-0.39, 0.29) is 12.4 Å². The van der Waals surface area contributed by atoms with Crippen molar-refractivity contribution in [3.8, 4) is 0 Å². The summed E-state index contributed by atoms with van der Waals surface area (Å²) < 4.78 is 0.748. The molecule has 0 fully saturated rings. The Kier molecular flexibility index (Phi) is 3.21. The molecule has 1 heterocycles. The van der Waals surface area contributed by atoms with Crippen molar-refractivity contribution in [2.75, 3.05) is 5.73 Å². The van der Waals surface area contributed by atoms with Crippen LogP contribution in [-0.4, -0.2) is 0 Å². The van der Waals surface area contributed by atoms with Crippen molar-refractivity contribution in [1.82, 2.24) is 0 Å². The Morgan fingerprint density at radius 2 is 2.25 bits per heavy atom. The summed E-state index contributed by atoms with van der Waals surface area (Å²) in [6.45, 7) is 0. The average molecular weight is 170 g/mol. The van der Waals surface area contributed by atoms with E-state index < -0.39 is 0 Å². The molecule has 0 bridgehead atoms. The van der Waals surface area contributed by atoms with Gasteiger partial charge in [0.15, 0.2) is 0 Å². The van der Waals surface area contributed by atoms with Gasteiger partial charge in [-0.3, -0.25) is 0 Å². The van der Waals surface area contributed by atoms with E-state index >= 15 is 0 Å². The normalized spacial score (nSPS) is 8.12. The highest BCUT2D eigenvalue weighted by molar-refractivity contribution is 7.14. The lowest BCUT2D eigenvalue weighted by Gasteiger charge is -1.70. The van der Waals surface area contributed by atoms with Crippen molar-refractivity contribution in [2.45, 2.75) is 0 Å². The maximum absolute atomic E-state index is 5.50. The molecule has 0 amide bonds. The summed E-state index contributed by atoms with van der Waals surface area (Å²) in [4.78, 5) is 0. The van der Waals surface area contributed by atoms with Crippen LogP contribution >= 0.6 is 35.3 Å².